The summed E-state index contributed by atoms with van der Waals surface area (Å²) >= 11 is 0. The van der Waals surface area contributed by atoms with Crippen LogP contribution in [0.3, 0.4) is 0 Å². The lowest BCUT2D eigenvalue weighted by Crippen LogP contribution is -2.61. The van der Waals surface area contributed by atoms with E-state index in [-0.39, 0.29) is 5.54 Å². The van der Waals surface area contributed by atoms with Crippen LogP contribution in [-0.2, 0) is 4.74 Å². The molecule has 2 fully saturated rings. The second-order valence-corrected chi connectivity index (χ2v) is 5.51. The van der Waals surface area contributed by atoms with Crippen molar-refractivity contribution in [3.8, 4) is 0 Å². The molecule has 2 N–H and O–H groups in total. The van der Waals surface area contributed by atoms with Gasteiger partial charge >= 0.3 is 0 Å². The second kappa shape index (κ2) is 5.65. The fourth-order valence-corrected chi connectivity index (χ4v) is 3.03. The van der Waals surface area contributed by atoms with Crippen LogP contribution in [0.4, 0.5) is 0 Å². The lowest BCUT2D eigenvalue weighted by Gasteiger charge is -2.46. The highest BCUT2D eigenvalue weighted by molar-refractivity contribution is 4.97. The molecule has 0 radical (unpaired) electrons. The summed E-state index contributed by atoms with van der Waals surface area (Å²) in [5, 5.41) is 0. The first-order valence-corrected chi connectivity index (χ1v) is 6.99. The van der Waals surface area contributed by atoms with Gasteiger partial charge in [0.15, 0.2) is 0 Å². The SMILES string of the molecule is CCC(C)N1CCN(C2(CN)CCOC2)CC1. The molecule has 4 nitrogen and oxygen atoms in total. The van der Waals surface area contributed by atoms with E-state index in [1.807, 2.05) is 0 Å². The first-order chi connectivity index (χ1) is 8.22. The van der Waals surface area contributed by atoms with E-state index in [9.17, 15) is 0 Å². The van der Waals surface area contributed by atoms with Crippen LogP contribution in [0.1, 0.15) is 26.7 Å². The Balaban J connectivity index is 1.89. The van der Waals surface area contributed by atoms with E-state index in [1.165, 1.54) is 19.5 Å². The molecule has 2 aliphatic rings. The molecule has 2 unspecified atom stereocenters. The quantitative estimate of drug-likeness (QED) is 0.779. The van der Waals surface area contributed by atoms with E-state index in [0.29, 0.717) is 6.04 Å². The lowest BCUT2D eigenvalue weighted by molar-refractivity contribution is 0.0162. The van der Waals surface area contributed by atoms with Gasteiger partial charge in [0.25, 0.3) is 0 Å². The van der Waals surface area contributed by atoms with E-state index in [2.05, 4.69) is 23.6 Å². The summed E-state index contributed by atoms with van der Waals surface area (Å²) in [6, 6.07) is 0.714. The average Bonchev–Trinajstić information content (AvgIpc) is 2.88. The van der Waals surface area contributed by atoms with Gasteiger partial charge in [-0.3, -0.25) is 9.80 Å². The Bertz CT molecular complexity index is 233. The third-order valence-corrected chi connectivity index (χ3v) is 4.66. The number of nitrogens with zero attached hydrogens (tertiary/aromatic N) is 2. The molecule has 2 saturated heterocycles. The van der Waals surface area contributed by atoms with Crippen LogP contribution in [0.2, 0.25) is 0 Å². The van der Waals surface area contributed by atoms with Crippen LogP contribution < -0.4 is 5.73 Å². The van der Waals surface area contributed by atoms with Crippen molar-refractivity contribution in [1.82, 2.24) is 9.80 Å². The molecule has 2 rings (SSSR count). The average molecular weight is 241 g/mol. The Kier molecular flexibility index (Phi) is 4.42. The minimum atomic E-state index is 0.140. The van der Waals surface area contributed by atoms with Gasteiger partial charge in [0.2, 0.25) is 0 Å². The van der Waals surface area contributed by atoms with Gasteiger partial charge in [-0.1, -0.05) is 6.92 Å². The molecular formula is C13H27N3O. The van der Waals surface area contributed by atoms with Crippen LogP contribution in [0.5, 0.6) is 0 Å². The van der Waals surface area contributed by atoms with Gasteiger partial charge in [0, 0.05) is 45.4 Å². The van der Waals surface area contributed by atoms with E-state index < -0.39 is 0 Å². The van der Waals surface area contributed by atoms with Gasteiger partial charge < -0.3 is 10.5 Å². The monoisotopic (exact) mass is 241 g/mol. The van der Waals surface area contributed by atoms with Crippen molar-refractivity contribution < 1.29 is 4.74 Å². The van der Waals surface area contributed by atoms with Crippen LogP contribution >= 0.6 is 0 Å². The molecule has 0 saturated carbocycles. The molecule has 2 atom stereocenters. The number of piperazine rings is 1. The van der Waals surface area contributed by atoms with E-state index in [1.54, 1.807) is 0 Å². The fourth-order valence-electron chi connectivity index (χ4n) is 3.03. The molecule has 0 aromatic heterocycles. The van der Waals surface area contributed by atoms with Crippen molar-refractivity contribution in [2.45, 2.75) is 38.3 Å². The zero-order valence-corrected chi connectivity index (χ0v) is 11.3. The number of hydrogen-bond acceptors (Lipinski definition) is 4. The largest absolute Gasteiger partial charge is 0.379 e. The van der Waals surface area contributed by atoms with Crippen molar-refractivity contribution >= 4 is 0 Å². The molecule has 0 aromatic carbocycles. The summed E-state index contributed by atoms with van der Waals surface area (Å²) in [6.07, 6.45) is 2.35. The van der Waals surface area contributed by atoms with E-state index in [0.717, 1.165) is 39.3 Å². The molecule has 17 heavy (non-hydrogen) atoms. The number of ether oxygens (including phenoxy) is 1. The van der Waals surface area contributed by atoms with Crippen molar-refractivity contribution in [2.75, 3.05) is 45.9 Å². The Morgan fingerprint density at radius 3 is 2.47 bits per heavy atom. The molecule has 0 aromatic rings. The molecule has 0 spiro atoms. The summed E-state index contributed by atoms with van der Waals surface area (Å²) < 4.78 is 5.56. The standard InChI is InChI=1S/C13H27N3O/c1-3-12(2)15-5-7-16(8-6-15)13(10-14)4-9-17-11-13/h12H,3-11,14H2,1-2H3. The third-order valence-electron chi connectivity index (χ3n) is 4.66. The molecular weight excluding hydrogens is 214 g/mol. The molecule has 0 bridgehead atoms. The van der Waals surface area contributed by atoms with Crippen molar-refractivity contribution in [1.29, 1.82) is 0 Å². The summed E-state index contributed by atoms with van der Waals surface area (Å²) in [4.78, 5) is 5.16. The highest BCUT2D eigenvalue weighted by atomic mass is 16.5. The maximum absolute atomic E-state index is 5.98. The van der Waals surface area contributed by atoms with Gasteiger partial charge in [-0.15, -0.1) is 0 Å². The van der Waals surface area contributed by atoms with Crippen molar-refractivity contribution in [2.24, 2.45) is 5.73 Å². The van der Waals surface area contributed by atoms with Crippen molar-refractivity contribution in [3.05, 3.63) is 0 Å². The molecule has 100 valence electrons. The Labute approximate surface area is 105 Å². The smallest absolute Gasteiger partial charge is 0.0663 e. The minimum absolute atomic E-state index is 0.140. The molecule has 4 heteroatoms. The van der Waals surface area contributed by atoms with Crippen LogP contribution in [-0.4, -0.2) is 67.3 Å². The molecule has 2 heterocycles. The summed E-state index contributed by atoms with van der Waals surface area (Å²) in [5.41, 5.74) is 6.13. The highest BCUT2D eigenvalue weighted by Gasteiger charge is 2.40. The number of rotatable bonds is 4. The van der Waals surface area contributed by atoms with Gasteiger partial charge in [0.1, 0.15) is 0 Å². The van der Waals surface area contributed by atoms with E-state index in [4.69, 9.17) is 10.5 Å². The van der Waals surface area contributed by atoms with Crippen LogP contribution in [0.25, 0.3) is 0 Å². The second-order valence-electron chi connectivity index (χ2n) is 5.51. The van der Waals surface area contributed by atoms with Crippen LogP contribution in [0, 0.1) is 0 Å². The highest BCUT2D eigenvalue weighted by Crippen LogP contribution is 2.26. The summed E-state index contributed by atoms with van der Waals surface area (Å²) in [6.45, 7) is 11.7. The topological polar surface area (TPSA) is 41.7 Å². The molecule has 0 aliphatic carbocycles. The van der Waals surface area contributed by atoms with Gasteiger partial charge in [-0.25, -0.2) is 0 Å². The van der Waals surface area contributed by atoms with E-state index >= 15 is 0 Å². The molecule has 0 amide bonds. The Morgan fingerprint density at radius 1 is 1.29 bits per heavy atom. The van der Waals surface area contributed by atoms with Gasteiger partial charge in [0.05, 0.1) is 12.1 Å². The molecule has 2 aliphatic heterocycles. The first-order valence-electron chi connectivity index (χ1n) is 6.99. The van der Waals surface area contributed by atoms with Crippen molar-refractivity contribution in [3.63, 3.8) is 0 Å². The van der Waals surface area contributed by atoms with Crippen LogP contribution in [0.15, 0.2) is 0 Å². The van der Waals surface area contributed by atoms with Gasteiger partial charge in [-0.2, -0.15) is 0 Å². The summed E-state index contributed by atoms with van der Waals surface area (Å²) in [5.74, 6) is 0. The summed E-state index contributed by atoms with van der Waals surface area (Å²) in [7, 11) is 0. The lowest BCUT2D eigenvalue weighted by atomic mass is 9.95. The van der Waals surface area contributed by atoms with Gasteiger partial charge in [-0.05, 0) is 19.8 Å². The minimum Gasteiger partial charge on any atom is -0.379 e. The zero-order valence-electron chi connectivity index (χ0n) is 11.3. The predicted molar refractivity (Wildman–Crippen MR) is 70.1 cm³/mol. The normalized spacial score (nSPS) is 34.1. The number of nitrogens with two attached hydrogens (primary N) is 1. The maximum atomic E-state index is 5.98. The fraction of sp³-hybridized carbons (Fsp3) is 1.00. The predicted octanol–water partition coefficient (Wildman–Crippen LogP) is 0.520. The maximum Gasteiger partial charge on any atom is 0.0663 e. The number of hydrogen-bond donors (Lipinski definition) is 1. The third kappa shape index (κ3) is 2.65. The first kappa shape index (κ1) is 13.3. The zero-order chi connectivity index (χ0) is 12.3. The Hall–Kier alpha value is -0.160. The Morgan fingerprint density at radius 2 is 2.00 bits per heavy atom.